The van der Waals surface area contributed by atoms with Gasteiger partial charge in [0, 0.05) is 37.5 Å². The number of benzene rings is 2. The van der Waals surface area contributed by atoms with Crippen LogP contribution in [0.4, 0.5) is 0 Å². The first-order valence-corrected chi connectivity index (χ1v) is 9.38. The molecule has 0 radical (unpaired) electrons. The molecule has 4 rings (SSSR count). The average Bonchev–Trinajstić information content (AvgIpc) is 3.30. The van der Waals surface area contributed by atoms with E-state index in [9.17, 15) is 4.79 Å². The number of fused-ring (bicyclic) bond motifs is 1. The molecule has 1 amide bonds. The summed E-state index contributed by atoms with van der Waals surface area (Å²) in [5.74, 6) is 1.53. The van der Waals surface area contributed by atoms with E-state index in [1.807, 2.05) is 43.5 Å². The molecule has 0 saturated carbocycles. The Labute approximate surface area is 163 Å². The van der Waals surface area contributed by atoms with E-state index >= 15 is 0 Å². The molecule has 0 saturated heterocycles. The number of aryl methyl sites for hydroxylation is 2. The number of nitrogens with one attached hydrogen (secondary N) is 1. The smallest absolute Gasteiger partial charge is 0.251 e. The highest BCUT2D eigenvalue weighted by Gasteiger charge is 2.11. The molecule has 4 aromatic rings. The van der Waals surface area contributed by atoms with Gasteiger partial charge in [-0.25, -0.2) is 9.97 Å². The van der Waals surface area contributed by atoms with Crippen molar-refractivity contribution in [3.8, 4) is 0 Å². The molecule has 0 aliphatic carbocycles. The van der Waals surface area contributed by atoms with Crippen LogP contribution in [-0.2, 0) is 13.0 Å². The lowest BCUT2D eigenvalue weighted by atomic mass is 10.1. The number of carbonyl (C=O) groups excluding carboxylic acids is 1. The molecule has 0 spiro atoms. The second-order valence-electron chi connectivity index (χ2n) is 6.73. The summed E-state index contributed by atoms with van der Waals surface area (Å²) < 4.78 is 7.88. The topological polar surface area (TPSA) is 73.0 Å². The Hall–Kier alpha value is -3.41. The van der Waals surface area contributed by atoms with Gasteiger partial charge in [-0.2, -0.15) is 0 Å². The van der Waals surface area contributed by atoms with E-state index in [-0.39, 0.29) is 5.91 Å². The Morgan fingerprint density at radius 1 is 1.18 bits per heavy atom. The SMILES string of the molecule is Cc1nccn1CCCNC(=O)c1ccc2oc(Cc3ccccc3)nc2c1. The van der Waals surface area contributed by atoms with Gasteiger partial charge in [0.1, 0.15) is 11.3 Å². The van der Waals surface area contributed by atoms with Crippen molar-refractivity contribution in [2.24, 2.45) is 0 Å². The van der Waals surface area contributed by atoms with Crippen LogP contribution in [0.5, 0.6) is 0 Å². The molecule has 0 bridgehead atoms. The van der Waals surface area contributed by atoms with Crippen molar-refractivity contribution in [1.82, 2.24) is 19.9 Å². The van der Waals surface area contributed by atoms with E-state index in [2.05, 4.69) is 19.9 Å². The van der Waals surface area contributed by atoms with E-state index < -0.39 is 0 Å². The van der Waals surface area contributed by atoms with E-state index in [1.54, 1.807) is 24.4 Å². The standard InChI is InChI=1S/C22H22N4O2/c1-16-23-11-13-26(16)12-5-10-24-22(27)18-8-9-20-19(15-18)25-21(28-20)14-17-6-3-2-4-7-17/h2-4,6-9,11,13,15H,5,10,12,14H2,1H3,(H,24,27). The van der Waals surface area contributed by atoms with Gasteiger partial charge in [0.25, 0.3) is 5.91 Å². The summed E-state index contributed by atoms with van der Waals surface area (Å²) in [6.45, 7) is 3.40. The Morgan fingerprint density at radius 3 is 2.82 bits per heavy atom. The van der Waals surface area contributed by atoms with E-state index in [0.717, 1.165) is 24.4 Å². The maximum Gasteiger partial charge on any atom is 0.251 e. The molecule has 0 atom stereocenters. The van der Waals surface area contributed by atoms with Crippen LogP contribution in [0.15, 0.2) is 65.3 Å². The molecular formula is C22H22N4O2. The fourth-order valence-corrected chi connectivity index (χ4v) is 3.16. The summed E-state index contributed by atoms with van der Waals surface area (Å²) in [5.41, 5.74) is 3.12. The van der Waals surface area contributed by atoms with Crippen molar-refractivity contribution in [3.63, 3.8) is 0 Å². The van der Waals surface area contributed by atoms with Crippen LogP contribution < -0.4 is 5.32 Å². The van der Waals surface area contributed by atoms with Crippen molar-refractivity contribution < 1.29 is 9.21 Å². The first kappa shape index (κ1) is 18.0. The molecule has 28 heavy (non-hydrogen) atoms. The summed E-state index contributed by atoms with van der Waals surface area (Å²) in [4.78, 5) is 21.2. The molecule has 0 unspecified atom stereocenters. The zero-order chi connectivity index (χ0) is 19.3. The Kier molecular flexibility index (Phi) is 5.19. The molecule has 2 aromatic heterocycles. The third-order valence-electron chi connectivity index (χ3n) is 4.68. The number of imidazole rings is 1. The lowest BCUT2D eigenvalue weighted by Crippen LogP contribution is -2.25. The number of nitrogens with zero attached hydrogens (tertiary/aromatic N) is 3. The van der Waals surface area contributed by atoms with E-state index in [0.29, 0.717) is 35.5 Å². The molecule has 2 heterocycles. The van der Waals surface area contributed by atoms with Crippen LogP contribution in [0.2, 0.25) is 0 Å². The third-order valence-corrected chi connectivity index (χ3v) is 4.68. The van der Waals surface area contributed by atoms with Gasteiger partial charge in [-0.15, -0.1) is 0 Å². The summed E-state index contributed by atoms with van der Waals surface area (Å²) in [5, 5.41) is 2.96. The summed E-state index contributed by atoms with van der Waals surface area (Å²) in [6.07, 6.45) is 5.21. The van der Waals surface area contributed by atoms with Crippen LogP contribution in [-0.4, -0.2) is 27.0 Å². The predicted octanol–water partition coefficient (Wildman–Crippen LogP) is 3.74. The summed E-state index contributed by atoms with van der Waals surface area (Å²) in [6, 6.07) is 15.4. The zero-order valence-corrected chi connectivity index (χ0v) is 15.8. The first-order valence-electron chi connectivity index (χ1n) is 9.38. The zero-order valence-electron chi connectivity index (χ0n) is 15.8. The fraction of sp³-hybridized carbons (Fsp3) is 0.227. The molecule has 142 valence electrons. The number of rotatable bonds is 7. The fourth-order valence-electron chi connectivity index (χ4n) is 3.16. The third kappa shape index (κ3) is 4.11. The van der Waals surface area contributed by atoms with Crippen LogP contribution in [0.3, 0.4) is 0 Å². The van der Waals surface area contributed by atoms with Gasteiger partial charge in [0.15, 0.2) is 11.5 Å². The molecule has 2 aromatic carbocycles. The quantitative estimate of drug-likeness (QED) is 0.500. The van der Waals surface area contributed by atoms with Gasteiger partial charge in [0.2, 0.25) is 0 Å². The molecule has 0 fully saturated rings. The Bertz CT molecular complexity index is 1080. The highest BCUT2D eigenvalue weighted by molar-refractivity contribution is 5.97. The Balaban J connectivity index is 1.36. The van der Waals surface area contributed by atoms with E-state index in [1.165, 1.54) is 0 Å². The maximum absolute atomic E-state index is 12.4. The maximum atomic E-state index is 12.4. The van der Waals surface area contributed by atoms with Gasteiger partial charge >= 0.3 is 0 Å². The molecule has 0 aliphatic rings. The number of aromatic nitrogens is 3. The van der Waals surface area contributed by atoms with Crippen LogP contribution in [0, 0.1) is 6.92 Å². The van der Waals surface area contributed by atoms with Crippen molar-refractivity contribution in [2.45, 2.75) is 26.3 Å². The highest BCUT2D eigenvalue weighted by atomic mass is 16.3. The van der Waals surface area contributed by atoms with Crippen molar-refractivity contribution in [1.29, 1.82) is 0 Å². The average molecular weight is 374 g/mol. The monoisotopic (exact) mass is 374 g/mol. The molecule has 1 N–H and O–H groups in total. The molecular weight excluding hydrogens is 352 g/mol. The number of oxazole rings is 1. The number of hydrogen-bond acceptors (Lipinski definition) is 4. The highest BCUT2D eigenvalue weighted by Crippen LogP contribution is 2.19. The largest absolute Gasteiger partial charge is 0.440 e. The van der Waals surface area contributed by atoms with Crippen molar-refractivity contribution in [2.75, 3.05) is 6.54 Å². The Morgan fingerprint density at radius 2 is 2.04 bits per heavy atom. The lowest BCUT2D eigenvalue weighted by Gasteiger charge is -2.07. The second-order valence-corrected chi connectivity index (χ2v) is 6.73. The van der Waals surface area contributed by atoms with Crippen molar-refractivity contribution in [3.05, 3.63) is 83.8 Å². The van der Waals surface area contributed by atoms with Crippen molar-refractivity contribution >= 4 is 17.0 Å². The molecule has 6 nitrogen and oxygen atoms in total. The molecule has 0 aliphatic heterocycles. The van der Waals surface area contributed by atoms with Gasteiger partial charge < -0.3 is 14.3 Å². The number of hydrogen-bond donors (Lipinski definition) is 1. The van der Waals surface area contributed by atoms with Gasteiger partial charge in [-0.1, -0.05) is 30.3 Å². The van der Waals surface area contributed by atoms with E-state index in [4.69, 9.17) is 4.42 Å². The summed E-state index contributed by atoms with van der Waals surface area (Å²) >= 11 is 0. The second kappa shape index (κ2) is 8.08. The normalized spacial score (nSPS) is 11.0. The minimum Gasteiger partial charge on any atom is -0.440 e. The number of amides is 1. The minimum atomic E-state index is -0.100. The van der Waals surface area contributed by atoms with Crippen LogP contribution in [0.25, 0.3) is 11.1 Å². The van der Waals surface area contributed by atoms with Gasteiger partial charge in [0.05, 0.1) is 0 Å². The number of carbonyl (C=O) groups is 1. The molecule has 6 heteroatoms. The predicted molar refractivity (Wildman–Crippen MR) is 107 cm³/mol. The summed E-state index contributed by atoms with van der Waals surface area (Å²) in [7, 11) is 0. The lowest BCUT2D eigenvalue weighted by molar-refractivity contribution is 0.0953. The van der Waals surface area contributed by atoms with Gasteiger partial charge in [-0.05, 0) is 37.1 Å². The minimum absolute atomic E-state index is 0.100. The first-order chi connectivity index (χ1) is 13.7. The van der Waals surface area contributed by atoms with Gasteiger partial charge in [-0.3, -0.25) is 4.79 Å². The van der Waals surface area contributed by atoms with Crippen LogP contribution in [0.1, 0.15) is 34.1 Å². The van der Waals surface area contributed by atoms with Crippen LogP contribution >= 0.6 is 0 Å².